The molecule has 0 spiro atoms. The number of fused-ring (bicyclic) bond motifs is 1. The van der Waals surface area contributed by atoms with Crippen LogP contribution in [0.15, 0.2) is 24.5 Å². The number of aromatic nitrogens is 2. The van der Waals surface area contributed by atoms with Crippen LogP contribution >= 0.6 is 0 Å². The predicted octanol–water partition coefficient (Wildman–Crippen LogP) is 0.223. The Morgan fingerprint density at radius 2 is 2.20 bits per heavy atom. The second-order valence-electron chi connectivity index (χ2n) is 4.84. The van der Waals surface area contributed by atoms with Gasteiger partial charge in [0.2, 0.25) is 0 Å². The average Bonchev–Trinajstić information content (AvgIpc) is 3.02. The van der Waals surface area contributed by atoms with Crippen molar-refractivity contribution in [3.63, 3.8) is 0 Å². The zero-order valence-corrected chi connectivity index (χ0v) is 10.5. The first kappa shape index (κ1) is 12.6. The number of hydrogen-bond donors (Lipinski definition) is 3. The molecule has 1 aromatic carbocycles. The molecule has 7 heteroatoms. The van der Waals surface area contributed by atoms with Crippen LogP contribution in [-0.4, -0.2) is 55.6 Å². The van der Waals surface area contributed by atoms with Crippen LogP contribution in [0.5, 0.6) is 0 Å². The number of β-amino-alcohol motifs (C(OH)–C–C–N with tert-alkyl or cyclic N) is 1. The van der Waals surface area contributed by atoms with Crippen LogP contribution in [0.1, 0.15) is 16.8 Å². The maximum Gasteiger partial charge on any atom is 0.326 e. The minimum absolute atomic E-state index is 0.0385. The molecule has 20 heavy (non-hydrogen) atoms. The number of amides is 1. The van der Waals surface area contributed by atoms with Gasteiger partial charge in [0.05, 0.1) is 23.5 Å². The molecule has 1 saturated heterocycles. The largest absolute Gasteiger partial charge is 0.480 e. The molecule has 1 aliphatic rings. The van der Waals surface area contributed by atoms with E-state index in [1.807, 2.05) is 0 Å². The highest BCUT2D eigenvalue weighted by atomic mass is 16.4. The fraction of sp³-hybridized carbons (Fsp3) is 0.308. The van der Waals surface area contributed by atoms with Gasteiger partial charge in [0.25, 0.3) is 5.91 Å². The van der Waals surface area contributed by atoms with Crippen LogP contribution < -0.4 is 0 Å². The quantitative estimate of drug-likeness (QED) is 0.727. The summed E-state index contributed by atoms with van der Waals surface area (Å²) in [6.07, 6.45) is 0.794. The summed E-state index contributed by atoms with van der Waals surface area (Å²) in [5.74, 6) is -1.50. The monoisotopic (exact) mass is 275 g/mol. The molecule has 0 bridgehead atoms. The Bertz CT molecular complexity index is 681. The molecule has 2 aromatic rings. The van der Waals surface area contributed by atoms with Crippen LogP contribution in [-0.2, 0) is 4.79 Å². The SMILES string of the molecule is O=C(O)[C@@H]1C[C@H](O)CN1C(=O)c1ccc2nc[nH]c2c1. The summed E-state index contributed by atoms with van der Waals surface area (Å²) in [6, 6.07) is 3.96. The average molecular weight is 275 g/mol. The van der Waals surface area contributed by atoms with Gasteiger partial charge in [-0.25, -0.2) is 9.78 Å². The summed E-state index contributed by atoms with van der Waals surface area (Å²) >= 11 is 0. The van der Waals surface area contributed by atoms with Gasteiger partial charge in [-0.05, 0) is 18.2 Å². The fourth-order valence-corrected chi connectivity index (χ4v) is 2.51. The second kappa shape index (κ2) is 4.61. The smallest absolute Gasteiger partial charge is 0.326 e. The van der Waals surface area contributed by atoms with Crippen molar-refractivity contribution in [2.24, 2.45) is 0 Å². The maximum atomic E-state index is 12.4. The molecule has 3 rings (SSSR count). The number of carboxylic acids is 1. The van der Waals surface area contributed by atoms with Crippen LogP contribution in [0.3, 0.4) is 0 Å². The van der Waals surface area contributed by atoms with Crippen molar-refractivity contribution >= 4 is 22.9 Å². The Labute approximate surface area is 113 Å². The number of aliphatic carboxylic acids is 1. The highest BCUT2D eigenvalue weighted by molar-refractivity contribution is 5.99. The van der Waals surface area contributed by atoms with Crippen LogP contribution in [0.4, 0.5) is 0 Å². The van der Waals surface area contributed by atoms with E-state index >= 15 is 0 Å². The molecule has 7 nitrogen and oxygen atoms in total. The highest BCUT2D eigenvalue weighted by Crippen LogP contribution is 2.22. The van der Waals surface area contributed by atoms with Crippen molar-refractivity contribution < 1.29 is 19.8 Å². The van der Waals surface area contributed by atoms with Gasteiger partial charge in [0.15, 0.2) is 0 Å². The van der Waals surface area contributed by atoms with E-state index in [-0.39, 0.29) is 13.0 Å². The topological polar surface area (TPSA) is 107 Å². The van der Waals surface area contributed by atoms with Gasteiger partial charge in [-0.15, -0.1) is 0 Å². The fourth-order valence-electron chi connectivity index (χ4n) is 2.51. The highest BCUT2D eigenvalue weighted by Gasteiger charge is 2.39. The number of hydrogen-bond acceptors (Lipinski definition) is 4. The van der Waals surface area contributed by atoms with Gasteiger partial charge in [-0.1, -0.05) is 0 Å². The number of benzene rings is 1. The first-order chi connectivity index (χ1) is 9.56. The molecule has 0 aliphatic carbocycles. The van der Waals surface area contributed by atoms with Gasteiger partial charge in [-0.3, -0.25) is 4.79 Å². The molecule has 1 aliphatic heterocycles. The number of nitrogens with zero attached hydrogens (tertiary/aromatic N) is 2. The van der Waals surface area contributed by atoms with E-state index in [1.165, 1.54) is 11.2 Å². The Hall–Kier alpha value is -2.41. The molecule has 0 radical (unpaired) electrons. The van der Waals surface area contributed by atoms with Crippen molar-refractivity contribution in [2.75, 3.05) is 6.54 Å². The van der Waals surface area contributed by atoms with Crippen molar-refractivity contribution in [3.8, 4) is 0 Å². The molecule has 0 unspecified atom stereocenters. The molecule has 1 fully saturated rings. The second-order valence-corrected chi connectivity index (χ2v) is 4.84. The van der Waals surface area contributed by atoms with Crippen molar-refractivity contribution in [2.45, 2.75) is 18.6 Å². The lowest BCUT2D eigenvalue weighted by molar-refractivity contribution is -0.141. The lowest BCUT2D eigenvalue weighted by Crippen LogP contribution is -2.40. The van der Waals surface area contributed by atoms with Gasteiger partial charge in [-0.2, -0.15) is 0 Å². The summed E-state index contributed by atoms with van der Waals surface area (Å²) in [6.45, 7) is 0.0385. The minimum atomic E-state index is -1.10. The third-order valence-corrected chi connectivity index (χ3v) is 3.49. The Morgan fingerprint density at radius 3 is 2.95 bits per heavy atom. The van der Waals surface area contributed by atoms with Crippen molar-refractivity contribution in [1.82, 2.24) is 14.9 Å². The number of carbonyl (C=O) groups is 2. The van der Waals surface area contributed by atoms with E-state index in [9.17, 15) is 14.7 Å². The molecule has 2 heterocycles. The number of aliphatic hydroxyl groups excluding tert-OH is 1. The third kappa shape index (κ3) is 2.01. The number of H-pyrrole nitrogens is 1. The first-order valence-corrected chi connectivity index (χ1v) is 6.21. The Kier molecular flexibility index (Phi) is 2.90. The van der Waals surface area contributed by atoms with E-state index in [2.05, 4.69) is 9.97 Å². The molecule has 3 N–H and O–H groups in total. The van der Waals surface area contributed by atoms with Crippen molar-refractivity contribution in [3.05, 3.63) is 30.1 Å². The number of carboxylic acid groups (broad SMARTS) is 1. The van der Waals surface area contributed by atoms with Gasteiger partial charge in [0, 0.05) is 18.5 Å². The molecular formula is C13H13N3O4. The van der Waals surface area contributed by atoms with Gasteiger partial charge >= 0.3 is 5.97 Å². The van der Waals surface area contributed by atoms with Crippen LogP contribution in [0.2, 0.25) is 0 Å². The van der Waals surface area contributed by atoms with E-state index < -0.39 is 24.0 Å². The number of aliphatic hydroxyl groups is 1. The minimum Gasteiger partial charge on any atom is -0.480 e. The summed E-state index contributed by atoms with van der Waals surface area (Å²) in [4.78, 5) is 31.7. The summed E-state index contributed by atoms with van der Waals surface area (Å²) < 4.78 is 0. The third-order valence-electron chi connectivity index (χ3n) is 3.49. The number of aromatic amines is 1. The molecule has 1 amide bonds. The summed E-state index contributed by atoms with van der Waals surface area (Å²) in [7, 11) is 0. The Morgan fingerprint density at radius 1 is 1.40 bits per heavy atom. The molecule has 2 atom stereocenters. The molecule has 104 valence electrons. The predicted molar refractivity (Wildman–Crippen MR) is 69.2 cm³/mol. The number of rotatable bonds is 2. The van der Waals surface area contributed by atoms with E-state index in [4.69, 9.17) is 5.11 Å². The normalized spacial score (nSPS) is 22.4. The molecule has 1 aromatic heterocycles. The maximum absolute atomic E-state index is 12.4. The van der Waals surface area contributed by atoms with E-state index in [0.29, 0.717) is 11.1 Å². The lowest BCUT2D eigenvalue weighted by atomic mass is 10.1. The summed E-state index contributed by atoms with van der Waals surface area (Å²) in [5.41, 5.74) is 1.82. The van der Waals surface area contributed by atoms with Gasteiger partial charge < -0.3 is 20.1 Å². The molecular weight excluding hydrogens is 262 g/mol. The zero-order valence-electron chi connectivity index (χ0n) is 10.5. The lowest BCUT2D eigenvalue weighted by Gasteiger charge is -2.21. The molecule has 0 saturated carbocycles. The number of carbonyl (C=O) groups excluding carboxylic acids is 1. The zero-order chi connectivity index (χ0) is 14.3. The van der Waals surface area contributed by atoms with Crippen LogP contribution in [0.25, 0.3) is 11.0 Å². The van der Waals surface area contributed by atoms with E-state index in [1.54, 1.807) is 18.2 Å². The number of imidazole rings is 1. The Balaban J connectivity index is 1.92. The first-order valence-electron chi connectivity index (χ1n) is 6.21. The standard InChI is InChI=1S/C13H13N3O4/c17-8-4-11(13(19)20)16(5-8)12(18)7-1-2-9-10(3-7)15-6-14-9/h1-3,6,8,11,17H,4-5H2,(H,14,15)(H,19,20)/t8-,11-/m0/s1. The van der Waals surface area contributed by atoms with Crippen molar-refractivity contribution in [1.29, 1.82) is 0 Å². The number of nitrogens with one attached hydrogen (secondary N) is 1. The van der Waals surface area contributed by atoms with Gasteiger partial charge in [0.1, 0.15) is 6.04 Å². The van der Waals surface area contributed by atoms with Crippen LogP contribution in [0, 0.1) is 0 Å². The summed E-state index contributed by atoms with van der Waals surface area (Å²) in [5, 5.41) is 18.7. The van der Waals surface area contributed by atoms with E-state index in [0.717, 1.165) is 5.52 Å². The number of likely N-dealkylation sites (tertiary alicyclic amines) is 1.